The van der Waals surface area contributed by atoms with Crippen LogP contribution in [0.15, 0.2) is 42.5 Å². The summed E-state index contributed by atoms with van der Waals surface area (Å²) < 4.78 is 43.7. The van der Waals surface area contributed by atoms with Gasteiger partial charge in [0.2, 0.25) is 0 Å². The maximum absolute atomic E-state index is 12.7. The van der Waals surface area contributed by atoms with Gasteiger partial charge in [-0.3, -0.25) is 0 Å². The molecule has 0 bridgehead atoms. The highest BCUT2D eigenvalue weighted by Crippen LogP contribution is 2.33. The van der Waals surface area contributed by atoms with E-state index < -0.39 is 17.3 Å². The van der Waals surface area contributed by atoms with Gasteiger partial charge in [-0.15, -0.1) is 12.4 Å². The van der Waals surface area contributed by atoms with Crippen molar-refractivity contribution in [2.24, 2.45) is 5.73 Å². The molecule has 0 aromatic heterocycles. The summed E-state index contributed by atoms with van der Waals surface area (Å²) in [5.74, 6) is 0.416. The van der Waals surface area contributed by atoms with E-state index in [4.69, 9.17) is 22.1 Å². The minimum Gasteiger partial charge on any atom is -0.457 e. The maximum atomic E-state index is 12.7. The standard InChI is InChI=1S/C18H19ClF3NO2.ClH/c1-17(23,11-24)8-7-12-5-6-15(10-16(12)19)25-14-4-2-3-13(9-14)18(20,21)22;/h2-6,9-10,24H,7-8,11,23H2,1H3;1H/t17-;/m1./s1. The van der Waals surface area contributed by atoms with Gasteiger partial charge in [0, 0.05) is 10.6 Å². The molecule has 0 spiro atoms. The molecule has 1 atom stereocenters. The molecule has 26 heavy (non-hydrogen) atoms. The van der Waals surface area contributed by atoms with Gasteiger partial charge in [0.25, 0.3) is 0 Å². The zero-order valence-corrected chi connectivity index (χ0v) is 15.6. The van der Waals surface area contributed by atoms with Gasteiger partial charge in [0.05, 0.1) is 12.2 Å². The molecule has 0 saturated carbocycles. The summed E-state index contributed by atoms with van der Waals surface area (Å²) >= 11 is 6.21. The van der Waals surface area contributed by atoms with Crippen molar-refractivity contribution < 1.29 is 23.0 Å². The minimum absolute atomic E-state index is 0. The molecular formula is C18H20Cl2F3NO2. The van der Waals surface area contributed by atoms with Crippen LogP contribution < -0.4 is 10.5 Å². The average Bonchev–Trinajstić information content (AvgIpc) is 2.53. The Labute approximate surface area is 161 Å². The van der Waals surface area contributed by atoms with E-state index >= 15 is 0 Å². The van der Waals surface area contributed by atoms with Crippen LogP contribution in [0.4, 0.5) is 13.2 Å². The van der Waals surface area contributed by atoms with Crippen molar-refractivity contribution in [2.45, 2.75) is 31.5 Å². The second-order valence-corrected chi connectivity index (χ2v) is 6.60. The van der Waals surface area contributed by atoms with E-state index in [0.29, 0.717) is 23.6 Å². The molecule has 3 nitrogen and oxygen atoms in total. The molecule has 0 amide bonds. The third kappa shape index (κ3) is 6.36. The highest BCUT2D eigenvalue weighted by molar-refractivity contribution is 6.31. The van der Waals surface area contributed by atoms with Gasteiger partial charge >= 0.3 is 6.18 Å². The van der Waals surface area contributed by atoms with E-state index in [1.165, 1.54) is 12.1 Å². The van der Waals surface area contributed by atoms with Gasteiger partial charge in [0.15, 0.2) is 0 Å². The molecule has 3 N–H and O–H groups in total. The van der Waals surface area contributed by atoms with Crippen molar-refractivity contribution in [3.05, 3.63) is 58.6 Å². The van der Waals surface area contributed by atoms with Gasteiger partial charge in [-0.25, -0.2) is 0 Å². The van der Waals surface area contributed by atoms with Crippen LogP contribution in [0.2, 0.25) is 5.02 Å². The van der Waals surface area contributed by atoms with Crippen LogP contribution in [0.25, 0.3) is 0 Å². The molecule has 0 heterocycles. The first-order valence-corrected chi connectivity index (χ1v) is 8.02. The van der Waals surface area contributed by atoms with Crippen LogP contribution in [0.1, 0.15) is 24.5 Å². The Morgan fingerprint density at radius 1 is 1.12 bits per heavy atom. The summed E-state index contributed by atoms with van der Waals surface area (Å²) in [5.41, 5.74) is 5.23. The van der Waals surface area contributed by atoms with Gasteiger partial charge in [-0.2, -0.15) is 13.2 Å². The van der Waals surface area contributed by atoms with Crippen molar-refractivity contribution in [3.63, 3.8) is 0 Å². The number of alkyl halides is 3. The fourth-order valence-corrected chi connectivity index (χ4v) is 2.43. The minimum atomic E-state index is -4.43. The monoisotopic (exact) mass is 409 g/mol. The largest absolute Gasteiger partial charge is 0.457 e. The van der Waals surface area contributed by atoms with Gasteiger partial charge < -0.3 is 15.6 Å². The quantitative estimate of drug-likeness (QED) is 0.687. The van der Waals surface area contributed by atoms with E-state index in [0.717, 1.165) is 17.7 Å². The Balaban J connectivity index is 0.00000338. The first-order valence-electron chi connectivity index (χ1n) is 7.64. The smallest absolute Gasteiger partial charge is 0.416 e. The number of hydrogen-bond donors (Lipinski definition) is 2. The summed E-state index contributed by atoms with van der Waals surface area (Å²) in [4.78, 5) is 0. The normalized spacial score (nSPS) is 13.7. The van der Waals surface area contributed by atoms with Crippen LogP contribution in [0.5, 0.6) is 11.5 Å². The van der Waals surface area contributed by atoms with E-state index in [1.807, 2.05) is 0 Å². The number of aliphatic hydroxyl groups is 1. The third-order valence-electron chi connectivity index (χ3n) is 3.75. The van der Waals surface area contributed by atoms with Crippen molar-refractivity contribution in [1.29, 1.82) is 0 Å². The number of ether oxygens (including phenoxy) is 1. The second kappa shape index (κ2) is 8.95. The highest BCUT2D eigenvalue weighted by atomic mass is 35.5. The summed E-state index contributed by atoms with van der Waals surface area (Å²) in [6.45, 7) is 1.60. The third-order valence-corrected chi connectivity index (χ3v) is 4.10. The van der Waals surface area contributed by atoms with Gasteiger partial charge in [-0.05, 0) is 55.7 Å². The highest BCUT2D eigenvalue weighted by Gasteiger charge is 2.30. The van der Waals surface area contributed by atoms with Crippen LogP contribution in [-0.2, 0) is 12.6 Å². The number of halogens is 5. The van der Waals surface area contributed by atoms with Crippen molar-refractivity contribution in [1.82, 2.24) is 0 Å². The maximum Gasteiger partial charge on any atom is 0.416 e. The van der Waals surface area contributed by atoms with Crippen molar-refractivity contribution in [2.75, 3.05) is 6.61 Å². The molecule has 0 unspecified atom stereocenters. The Bertz CT molecular complexity index is 737. The summed E-state index contributed by atoms with van der Waals surface area (Å²) in [6.07, 6.45) is -3.32. The fraction of sp³-hybridized carbons (Fsp3) is 0.333. The molecule has 0 aliphatic carbocycles. The molecule has 0 radical (unpaired) electrons. The number of aryl methyl sites for hydroxylation is 1. The first kappa shape index (κ1) is 22.6. The molecule has 2 aromatic rings. The van der Waals surface area contributed by atoms with Crippen molar-refractivity contribution in [3.8, 4) is 11.5 Å². The fourth-order valence-electron chi connectivity index (χ4n) is 2.17. The molecule has 2 aromatic carbocycles. The summed E-state index contributed by atoms with van der Waals surface area (Å²) in [7, 11) is 0. The van der Waals surface area contributed by atoms with Gasteiger partial charge in [-0.1, -0.05) is 23.7 Å². The SMILES string of the molecule is C[C@](N)(CO)CCc1ccc(Oc2cccc(C(F)(F)F)c2)cc1Cl.Cl. The lowest BCUT2D eigenvalue weighted by Gasteiger charge is -2.21. The molecular weight excluding hydrogens is 390 g/mol. The number of aliphatic hydroxyl groups excluding tert-OH is 1. The van der Waals surface area contributed by atoms with Crippen LogP contribution in [0.3, 0.4) is 0 Å². The van der Waals surface area contributed by atoms with E-state index in [1.54, 1.807) is 25.1 Å². The Morgan fingerprint density at radius 3 is 2.35 bits per heavy atom. The molecule has 0 aliphatic rings. The molecule has 0 aliphatic heterocycles. The van der Waals surface area contributed by atoms with E-state index in [2.05, 4.69) is 0 Å². The topological polar surface area (TPSA) is 55.5 Å². The summed E-state index contributed by atoms with van der Waals surface area (Å²) in [5, 5.41) is 9.60. The lowest BCUT2D eigenvalue weighted by atomic mass is 9.95. The zero-order chi connectivity index (χ0) is 18.7. The number of rotatable bonds is 6. The molecule has 2 rings (SSSR count). The average molecular weight is 410 g/mol. The predicted octanol–water partition coefficient (Wildman–Crippen LogP) is 5.22. The number of nitrogens with two attached hydrogens (primary N) is 1. The first-order chi connectivity index (χ1) is 11.6. The predicted molar refractivity (Wildman–Crippen MR) is 98.2 cm³/mol. The van der Waals surface area contributed by atoms with Crippen molar-refractivity contribution >= 4 is 24.0 Å². The van der Waals surface area contributed by atoms with E-state index in [9.17, 15) is 18.3 Å². The Hall–Kier alpha value is -1.47. The van der Waals surface area contributed by atoms with Crippen LogP contribution in [0, 0.1) is 0 Å². The number of hydrogen-bond acceptors (Lipinski definition) is 3. The Kier molecular flexibility index (Phi) is 7.77. The zero-order valence-electron chi connectivity index (χ0n) is 14.0. The second-order valence-electron chi connectivity index (χ2n) is 6.19. The summed E-state index contributed by atoms with van der Waals surface area (Å²) in [6, 6.07) is 9.55. The molecule has 8 heteroatoms. The lowest BCUT2D eigenvalue weighted by molar-refractivity contribution is -0.137. The molecule has 0 saturated heterocycles. The van der Waals surface area contributed by atoms with Gasteiger partial charge in [0.1, 0.15) is 11.5 Å². The Morgan fingerprint density at radius 2 is 1.77 bits per heavy atom. The van der Waals surface area contributed by atoms with E-state index in [-0.39, 0.29) is 24.8 Å². The lowest BCUT2D eigenvalue weighted by Crippen LogP contribution is -2.40. The van der Waals surface area contributed by atoms with Crippen LogP contribution >= 0.6 is 24.0 Å². The molecule has 144 valence electrons. The van der Waals surface area contributed by atoms with Crippen LogP contribution in [-0.4, -0.2) is 17.3 Å². The number of benzene rings is 2. The molecule has 0 fully saturated rings.